The predicted molar refractivity (Wildman–Crippen MR) is 113 cm³/mol. The van der Waals surface area contributed by atoms with Gasteiger partial charge in [-0.15, -0.1) is 0 Å². The largest absolute Gasteiger partial charge is 0.394 e. The van der Waals surface area contributed by atoms with Crippen LogP contribution in [0.2, 0.25) is 0 Å². The normalized spacial score (nSPS) is 19.5. The van der Waals surface area contributed by atoms with Crippen molar-refractivity contribution in [1.29, 1.82) is 0 Å². The van der Waals surface area contributed by atoms with Crippen molar-refractivity contribution in [2.24, 2.45) is 0 Å². The van der Waals surface area contributed by atoms with Crippen LogP contribution >= 0.6 is 0 Å². The SMILES string of the molecule is CS(=O)(=O)NC1CN(C(=O)Nc2noc3cc(F)c(F)c(-c4c(F)cc(F)cc4F)c23)C(CO)C1(F)F. The van der Waals surface area contributed by atoms with Crippen LogP contribution in [0.1, 0.15) is 0 Å². The fourth-order valence-corrected chi connectivity index (χ4v) is 4.78. The molecule has 17 heteroatoms. The van der Waals surface area contributed by atoms with Gasteiger partial charge >= 0.3 is 6.03 Å². The zero-order valence-corrected chi connectivity index (χ0v) is 19.1. The number of amides is 2. The summed E-state index contributed by atoms with van der Waals surface area (Å²) in [7, 11) is -4.17. The van der Waals surface area contributed by atoms with Crippen LogP contribution < -0.4 is 10.0 Å². The van der Waals surface area contributed by atoms with Gasteiger partial charge in [-0.05, 0) is 0 Å². The first kappa shape index (κ1) is 26.6. The van der Waals surface area contributed by atoms with E-state index in [1.54, 1.807) is 4.72 Å². The third-order valence-electron chi connectivity index (χ3n) is 5.59. The van der Waals surface area contributed by atoms with E-state index in [0.717, 1.165) is 0 Å². The van der Waals surface area contributed by atoms with Crippen molar-refractivity contribution in [2.45, 2.75) is 18.0 Å². The number of anilines is 1. The third-order valence-corrected chi connectivity index (χ3v) is 6.30. The molecule has 200 valence electrons. The molecule has 2 unspecified atom stereocenters. The number of fused-ring (bicyclic) bond motifs is 1. The van der Waals surface area contributed by atoms with Gasteiger partial charge in [-0.3, -0.25) is 5.32 Å². The second-order valence-corrected chi connectivity index (χ2v) is 9.87. The maximum atomic E-state index is 14.8. The standard InChI is InChI=1S/C20H15F7N4O5S/c1-37(34,35)30-12-5-31(13(6-32)20(12,26)27)19(33)28-18-15-11(36-29-18)4-10(24)17(25)16(15)14-8(22)2-7(21)3-9(14)23/h2-4,12-13,30,32H,5-6H2,1H3,(H,28,29,33). The second kappa shape index (κ2) is 9.14. The highest BCUT2D eigenvalue weighted by Gasteiger charge is 2.58. The molecule has 4 rings (SSSR count). The van der Waals surface area contributed by atoms with Crippen molar-refractivity contribution in [3.05, 3.63) is 47.3 Å². The summed E-state index contributed by atoms with van der Waals surface area (Å²) in [6.07, 6.45) is 0.601. The van der Waals surface area contributed by atoms with Gasteiger partial charge in [-0.25, -0.2) is 48.7 Å². The molecule has 1 aromatic heterocycles. The summed E-state index contributed by atoms with van der Waals surface area (Å²) in [5.41, 5.74) is -3.02. The first-order valence-electron chi connectivity index (χ1n) is 10.1. The Morgan fingerprint density at radius 1 is 1.14 bits per heavy atom. The minimum Gasteiger partial charge on any atom is -0.394 e. The smallest absolute Gasteiger partial charge is 0.323 e. The number of hydrogen-bond acceptors (Lipinski definition) is 6. The molecule has 2 atom stereocenters. The summed E-state index contributed by atoms with van der Waals surface area (Å²) in [6, 6.07) is -4.99. The van der Waals surface area contributed by atoms with E-state index < -0.39 is 104 Å². The van der Waals surface area contributed by atoms with Gasteiger partial charge in [-0.2, -0.15) is 0 Å². The van der Waals surface area contributed by atoms with E-state index in [4.69, 9.17) is 4.52 Å². The number of alkyl halides is 2. The van der Waals surface area contributed by atoms with E-state index in [0.29, 0.717) is 17.2 Å². The molecule has 9 nitrogen and oxygen atoms in total. The van der Waals surface area contributed by atoms with Gasteiger partial charge in [0.2, 0.25) is 10.0 Å². The molecular weight excluding hydrogens is 541 g/mol. The Labute approximate surface area is 202 Å². The van der Waals surface area contributed by atoms with E-state index in [2.05, 4.69) is 5.16 Å². The number of nitrogens with zero attached hydrogens (tertiary/aromatic N) is 2. The number of halogens is 7. The van der Waals surface area contributed by atoms with Crippen LogP contribution in [0.4, 0.5) is 41.3 Å². The van der Waals surface area contributed by atoms with Gasteiger partial charge < -0.3 is 14.5 Å². The zero-order chi connectivity index (χ0) is 27.4. The molecule has 37 heavy (non-hydrogen) atoms. The average Bonchev–Trinajstić information content (AvgIpc) is 3.26. The highest BCUT2D eigenvalue weighted by Crippen LogP contribution is 2.41. The molecule has 1 saturated heterocycles. The Morgan fingerprint density at radius 3 is 2.32 bits per heavy atom. The quantitative estimate of drug-likeness (QED) is 0.416. The van der Waals surface area contributed by atoms with Crippen molar-refractivity contribution in [3.63, 3.8) is 0 Å². The summed E-state index contributed by atoms with van der Waals surface area (Å²) in [5, 5.41) is 14.1. The lowest BCUT2D eigenvalue weighted by molar-refractivity contribution is -0.0557. The lowest BCUT2D eigenvalue weighted by Crippen LogP contribution is -2.51. The number of likely N-dealkylation sites (tertiary alicyclic amines) is 1. The third kappa shape index (κ3) is 4.69. The molecule has 3 aromatic rings. The molecule has 0 spiro atoms. The number of carbonyl (C=O) groups excluding carboxylic acids is 1. The Kier molecular flexibility index (Phi) is 6.58. The lowest BCUT2D eigenvalue weighted by Gasteiger charge is -2.26. The molecule has 2 aromatic carbocycles. The van der Waals surface area contributed by atoms with Crippen molar-refractivity contribution >= 4 is 32.8 Å². The first-order valence-corrected chi connectivity index (χ1v) is 12.0. The van der Waals surface area contributed by atoms with Crippen molar-refractivity contribution in [2.75, 3.05) is 24.7 Å². The van der Waals surface area contributed by atoms with Crippen LogP contribution in [-0.2, 0) is 10.0 Å². The molecule has 1 aliphatic heterocycles. The number of aliphatic hydroxyl groups excluding tert-OH is 1. The van der Waals surface area contributed by atoms with Gasteiger partial charge in [0.25, 0.3) is 5.92 Å². The molecule has 0 saturated carbocycles. The molecule has 1 aliphatic rings. The van der Waals surface area contributed by atoms with Crippen molar-refractivity contribution < 1.29 is 53.6 Å². The number of rotatable bonds is 5. The van der Waals surface area contributed by atoms with Gasteiger partial charge in [0.1, 0.15) is 29.5 Å². The summed E-state index contributed by atoms with van der Waals surface area (Å²) in [5.74, 6) is -12.9. The number of sulfonamides is 1. The summed E-state index contributed by atoms with van der Waals surface area (Å²) < 4.78 is 130. The van der Waals surface area contributed by atoms with Crippen molar-refractivity contribution in [1.82, 2.24) is 14.8 Å². The Morgan fingerprint density at radius 2 is 1.76 bits per heavy atom. The minimum atomic E-state index is -4.17. The maximum Gasteiger partial charge on any atom is 0.323 e. The summed E-state index contributed by atoms with van der Waals surface area (Å²) in [4.78, 5) is 13.2. The van der Waals surface area contributed by atoms with Crippen LogP contribution in [-0.4, -0.2) is 67.0 Å². The number of hydrogen-bond donors (Lipinski definition) is 3. The van der Waals surface area contributed by atoms with E-state index in [1.807, 2.05) is 5.32 Å². The lowest BCUT2D eigenvalue weighted by atomic mass is 9.99. The summed E-state index contributed by atoms with van der Waals surface area (Å²) >= 11 is 0. The molecule has 0 radical (unpaired) electrons. The van der Waals surface area contributed by atoms with Crippen LogP contribution in [0, 0.1) is 29.1 Å². The average molecular weight is 556 g/mol. The van der Waals surface area contributed by atoms with Gasteiger partial charge in [0, 0.05) is 30.3 Å². The van der Waals surface area contributed by atoms with Gasteiger partial charge in [-0.1, -0.05) is 5.16 Å². The van der Waals surface area contributed by atoms with Crippen LogP contribution in [0.3, 0.4) is 0 Å². The minimum absolute atomic E-state index is 0.188. The Hall–Kier alpha value is -3.44. The topological polar surface area (TPSA) is 125 Å². The molecule has 3 N–H and O–H groups in total. The number of aromatic nitrogens is 1. The predicted octanol–water partition coefficient (Wildman–Crippen LogP) is 2.95. The van der Waals surface area contributed by atoms with Crippen LogP contribution in [0.5, 0.6) is 0 Å². The second-order valence-electron chi connectivity index (χ2n) is 8.09. The maximum absolute atomic E-state index is 14.8. The molecule has 2 amide bonds. The van der Waals surface area contributed by atoms with E-state index in [-0.39, 0.29) is 12.1 Å². The van der Waals surface area contributed by atoms with Crippen LogP contribution in [0.15, 0.2) is 22.7 Å². The van der Waals surface area contributed by atoms with Gasteiger partial charge in [0.05, 0.1) is 23.8 Å². The fourth-order valence-electron chi connectivity index (χ4n) is 4.03. The molecule has 0 bridgehead atoms. The number of nitrogens with one attached hydrogen (secondary N) is 2. The van der Waals surface area contributed by atoms with Crippen molar-refractivity contribution in [3.8, 4) is 11.1 Å². The monoisotopic (exact) mass is 556 g/mol. The molecule has 0 aliphatic carbocycles. The molecule has 2 heterocycles. The highest BCUT2D eigenvalue weighted by atomic mass is 32.2. The number of carbonyl (C=O) groups is 1. The molecule has 1 fully saturated rings. The summed E-state index contributed by atoms with van der Waals surface area (Å²) in [6.45, 7) is -2.25. The van der Waals surface area contributed by atoms with E-state index in [9.17, 15) is 49.1 Å². The first-order chi connectivity index (χ1) is 17.2. The Bertz CT molecular complexity index is 1490. The van der Waals surface area contributed by atoms with Gasteiger partial charge in [0.15, 0.2) is 23.0 Å². The fraction of sp³-hybridized carbons (Fsp3) is 0.300. The number of aliphatic hydroxyl groups is 1. The zero-order valence-electron chi connectivity index (χ0n) is 18.3. The number of benzene rings is 2. The van der Waals surface area contributed by atoms with E-state index in [1.165, 1.54) is 0 Å². The van der Waals surface area contributed by atoms with Crippen LogP contribution in [0.25, 0.3) is 22.1 Å². The highest BCUT2D eigenvalue weighted by molar-refractivity contribution is 7.88. The molecular formula is C20H15F7N4O5S. The van der Waals surface area contributed by atoms with E-state index >= 15 is 0 Å². The Balaban J connectivity index is 1.79. The number of urea groups is 1.